The van der Waals surface area contributed by atoms with Gasteiger partial charge in [-0.2, -0.15) is 0 Å². The number of hydrogen-bond acceptors (Lipinski definition) is 4. The Morgan fingerprint density at radius 2 is 2.00 bits per heavy atom. The Balaban J connectivity index is 1.66. The van der Waals surface area contributed by atoms with E-state index >= 15 is 0 Å². The van der Waals surface area contributed by atoms with Crippen molar-refractivity contribution >= 4 is 40.4 Å². The van der Waals surface area contributed by atoms with Crippen LogP contribution in [0.15, 0.2) is 47.8 Å². The Morgan fingerprint density at radius 3 is 2.76 bits per heavy atom. The number of pyridine rings is 1. The van der Waals surface area contributed by atoms with Crippen LogP contribution in [0.3, 0.4) is 0 Å². The molecule has 1 saturated heterocycles. The van der Waals surface area contributed by atoms with Gasteiger partial charge in [0.2, 0.25) is 5.91 Å². The number of aromatic amines is 1. The minimum Gasteiger partial charge on any atom is -0.341 e. The largest absolute Gasteiger partial charge is 0.341 e. The number of nitrogens with zero attached hydrogens (tertiary/aromatic N) is 3. The van der Waals surface area contributed by atoms with Crippen molar-refractivity contribution in [2.45, 2.75) is 23.2 Å². The summed E-state index contributed by atoms with van der Waals surface area (Å²) >= 11 is 7.42. The third kappa shape index (κ3) is 3.50. The molecule has 0 saturated carbocycles. The summed E-state index contributed by atoms with van der Waals surface area (Å²) < 4.78 is 0. The summed E-state index contributed by atoms with van der Waals surface area (Å²) in [4.78, 5) is 26.9. The van der Waals surface area contributed by atoms with E-state index in [0.29, 0.717) is 15.8 Å². The zero-order valence-electron chi connectivity index (χ0n) is 13.5. The van der Waals surface area contributed by atoms with Crippen molar-refractivity contribution in [3.8, 4) is 0 Å². The third-order valence-corrected chi connectivity index (χ3v) is 5.59. The summed E-state index contributed by atoms with van der Waals surface area (Å²) in [7, 11) is 0. The fourth-order valence-electron chi connectivity index (χ4n) is 3.01. The normalized spacial score (nSPS) is 15.6. The molecule has 7 heteroatoms. The number of thioether (sulfide) groups is 1. The fraction of sp³-hybridized carbons (Fsp3) is 0.278. The van der Waals surface area contributed by atoms with E-state index in [-0.39, 0.29) is 11.2 Å². The Hall–Kier alpha value is -2.05. The van der Waals surface area contributed by atoms with Gasteiger partial charge in [0.25, 0.3) is 0 Å². The standard InChI is InChI=1S/C18H17ClN4OS/c19-13-10-14-16(20-11-13)22-18(21-14)25-15(12-6-2-1-3-7-12)17(24)23-8-4-5-9-23/h1-3,6-7,10-11,15H,4-5,8-9H2,(H,20,21,22)/t15-/m1/s1. The van der Waals surface area contributed by atoms with E-state index in [0.717, 1.165) is 37.0 Å². The second-order valence-corrected chi connectivity index (χ2v) is 7.54. The van der Waals surface area contributed by atoms with Crippen molar-refractivity contribution in [3.63, 3.8) is 0 Å². The van der Waals surface area contributed by atoms with Crippen molar-refractivity contribution in [2.24, 2.45) is 0 Å². The predicted molar refractivity (Wildman–Crippen MR) is 99.8 cm³/mol. The van der Waals surface area contributed by atoms with Crippen LogP contribution in [-0.4, -0.2) is 38.8 Å². The fourth-order valence-corrected chi connectivity index (χ4v) is 4.24. The van der Waals surface area contributed by atoms with Crippen LogP contribution < -0.4 is 0 Å². The summed E-state index contributed by atoms with van der Waals surface area (Å²) in [5.41, 5.74) is 2.36. The van der Waals surface area contributed by atoms with Crippen LogP contribution in [0.4, 0.5) is 0 Å². The predicted octanol–water partition coefficient (Wildman–Crippen LogP) is 4.07. The first kappa shape index (κ1) is 16.4. The number of imidazole rings is 1. The van der Waals surface area contributed by atoms with Gasteiger partial charge in [0, 0.05) is 19.3 Å². The van der Waals surface area contributed by atoms with Gasteiger partial charge < -0.3 is 9.88 Å². The SMILES string of the molecule is O=C([C@H](Sc1nc2ncc(Cl)cc2[nH]1)c1ccccc1)N1CCCC1. The zero-order chi connectivity index (χ0) is 17.2. The highest BCUT2D eigenvalue weighted by Crippen LogP contribution is 2.36. The number of H-pyrrole nitrogens is 1. The number of carbonyl (C=O) groups excluding carboxylic acids is 1. The van der Waals surface area contributed by atoms with E-state index in [1.165, 1.54) is 11.8 Å². The monoisotopic (exact) mass is 372 g/mol. The molecule has 1 aliphatic heterocycles. The molecule has 3 heterocycles. The minimum atomic E-state index is -0.324. The smallest absolute Gasteiger partial charge is 0.240 e. The topological polar surface area (TPSA) is 61.9 Å². The van der Waals surface area contributed by atoms with Gasteiger partial charge >= 0.3 is 0 Å². The van der Waals surface area contributed by atoms with E-state index in [1.54, 1.807) is 12.3 Å². The molecule has 0 unspecified atom stereocenters. The van der Waals surface area contributed by atoms with E-state index in [9.17, 15) is 4.79 Å². The molecule has 0 spiro atoms. The number of carbonyl (C=O) groups is 1. The average Bonchev–Trinajstić information content (AvgIpc) is 3.29. The highest BCUT2D eigenvalue weighted by Gasteiger charge is 2.29. The second-order valence-electron chi connectivity index (χ2n) is 6.01. The van der Waals surface area contributed by atoms with Gasteiger partial charge in [0.15, 0.2) is 10.8 Å². The maximum atomic E-state index is 13.0. The third-order valence-electron chi connectivity index (χ3n) is 4.26. The molecule has 25 heavy (non-hydrogen) atoms. The van der Waals surface area contributed by atoms with Crippen molar-refractivity contribution in [3.05, 3.63) is 53.2 Å². The van der Waals surface area contributed by atoms with E-state index < -0.39 is 0 Å². The number of fused-ring (bicyclic) bond motifs is 1. The van der Waals surface area contributed by atoms with Crippen LogP contribution in [0.5, 0.6) is 0 Å². The summed E-state index contributed by atoms with van der Waals surface area (Å²) in [6, 6.07) is 11.6. The molecule has 0 bridgehead atoms. The molecule has 5 nitrogen and oxygen atoms in total. The average molecular weight is 373 g/mol. The Labute approximate surface area is 154 Å². The molecule has 128 valence electrons. The lowest BCUT2D eigenvalue weighted by molar-refractivity contribution is -0.129. The van der Waals surface area contributed by atoms with Crippen molar-refractivity contribution in [1.29, 1.82) is 0 Å². The number of likely N-dealkylation sites (tertiary alicyclic amines) is 1. The van der Waals surface area contributed by atoms with Crippen molar-refractivity contribution in [2.75, 3.05) is 13.1 Å². The molecule has 1 aliphatic rings. The molecule has 1 aromatic carbocycles. The second kappa shape index (κ2) is 7.06. The zero-order valence-corrected chi connectivity index (χ0v) is 15.1. The molecule has 0 aliphatic carbocycles. The Bertz CT molecular complexity index is 892. The van der Waals surface area contributed by atoms with Crippen molar-refractivity contribution in [1.82, 2.24) is 19.9 Å². The maximum Gasteiger partial charge on any atom is 0.240 e. The van der Waals surface area contributed by atoms with E-state index in [2.05, 4.69) is 15.0 Å². The highest BCUT2D eigenvalue weighted by molar-refractivity contribution is 8.00. The van der Waals surface area contributed by atoms with Gasteiger partial charge in [0.05, 0.1) is 10.5 Å². The number of hydrogen-bond donors (Lipinski definition) is 1. The number of nitrogens with one attached hydrogen (secondary N) is 1. The first-order chi connectivity index (χ1) is 12.2. The van der Waals surface area contributed by atoms with Gasteiger partial charge in [-0.1, -0.05) is 53.7 Å². The number of rotatable bonds is 4. The van der Waals surface area contributed by atoms with Crippen LogP contribution in [0, 0.1) is 0 Å². The molecule has 4 rings (SSSR count). The summed E-state index contributed by atoms with van der Waals surface area (Å²) in [5.74, 6) is 0.139. The lowest BCUT2D eigenvalue weighted by Crippen LogP contribution is -2.31. The lowest BCUT2D eigenvalue weighted by Gasteiger charge is -2.22. The molecule has 1 amide bonds. The number of benzene rings is 1. The van der Waals surface area contributed by atoms with Crippen LogP contribution in [0.25, 0.3) is 11.2 Å². The summed E-state index contributed by atoms with van der Waals surface area (Å²) in [6.07, 6.45) is 3.72. The number of aromatic nitrogens is 3. The Morgan fingerprint density at radius 1 is 1.24 bits per heavy atom. The summed E-state index contributed by atoms with van der Waals surface area (Å²) in [5, 5.41) is 0.905. The van der Waals surface area contributed by atoms with Crippen LogP contribution >= 0.6 is 23.4 Å². The maximum absolute atomic E-state index is 13.0. The first-order valence-electron chi connectivity index (χ1n) is 8.22. The molecule has 2 aromatic heterocycles. The Kier molecular flexibility index (Phi) is 4.63. The van der Waals surface area contributed by atoms with E-state index in [1.807, 2.05) is 35.2 Å². The highest BCUT2D eigenvalue weighted by atomic mass is 35.5. The van der Waals surface area contributed by atoms with Crippen LogP contribution in [0.2, 0.25) is 5.02 Å². The van der Waals surface area contributed by atoms with Crippen molar-refractivity contribution < 1.29 is 4.79 Å². The van der Waals surface area contributed by atoms with Gasteiger partial charge in [-0.15, -0.1) is 0 Å². The quantitative estimate of drug-likeness (QED) is 0.701. The molecule has 3 aromatic rings. The van der Waals surface area contributed by atoms with Crippen LogP contribution in [0.1, 0.15) is 23.7 Å². The molecule has 1 atom stereocenters. The number of amides is 1. The van der Waals surface area contributed by atoms with Crippen LogP contribution in [-0.2, 0) is 4.79 Å². The molecular formula is C18H17ClN4OS. The molecule has 1 N–H and O–H groups in total. The van der Waals surface area contributed by atoms with Gasteiger partial charge in [-0.25, -0.2) is 9.97 Å². The van der Waals surface area contributed by atoms with E-state index in [4.69, 9.17) is 11.6 Å². The molecular weight excluding hydrogens is 356 g/mol. The van der Waals surface area contributed by atoms with Gasteiger partial charge in [-0.3, -0.25) is 4.79 Å². The first-order valence-corrected chi connectivity index (χ1v) is 9.48. The number of halogens is 1. The minimum absolute atomic E-state index is 0.139. The lowest BCUT2D eigenvalue weighted by atomic mass is 10.1. The van der Waals surface area contributed by atoms with Gasteiger partial charge in [-0.05, 0) is 24.5 Å². The molecule has 0 radical (unpaired) electrons. The molecule has 1 fully saturated rings. The van der Waals surface area contributed by atoms with Gasteiger partial charge in [0.1, 0.15) is 5.25 Å². The summed E-state index contributed by atoms with van der Waals surface area (Å²) in [6.45, 7) is 1.67.